The van der Waals surface area contributed by atoms with Gasteiger partial charge in [-0.25, -0.2) is 4.98 Å². The van der Waals surface area contributed by atoms with Gasteiger partial charge in [0.15, 0.2) is 5.58 Å². The van der Waals surface area contributed by atoms with Crippen LogP contribution in [0.5, 0.6) is 5.75 Å². The van der Waals surface area contributed by atoms with Gasteiger partial charge in [0.25, 0.3) is 0 Å². The lowest BCUT2D eigenvalue weighted by molar-refractivity contribution is -0.145. The molecule has 2 atom stereocenters. The third-order valence-electron chi connectivity index (χ3n) is 10.2. The number of esters is 1. The Labute approximate surface area is 318 Å². The summed E-state index contributed by atoms with van der Waals surface area (Å²) >= 11 is 0. The summed E-state index contributed by atoms with van der Waals surface area (Å²) in [7, 11) is 2.81. The monoisotopic (exact) mass is 752 g/mol. The van der Waals surface area contributed by atoms with E-state index in [1.807, 2.05) is 56.3 Å². The number of oxazole rings is 1. The molecule has 5 aromatic rings. The van der Waals surface area contributed by atoms with Gasteiger partial charge in [0.2, 0.25) is 5.89 Å². The molecule has 1 saturated heterocycles. The number of carbonyl (C=O) groups excluding carboxylic acids is 1. The molecule has 0 radical (unpaired) electrons. The van der Waals surface area contributed by atoms with Gasteiger partial charge < -0.3 is 24.3 Å². The van der Waals surface area contributed by atoms with Crippen molar-refractivity contribution >= 4 is 29.2 Å². The molecule has 2 N–H and O–H groups in total. The van der Waals surface area contributed by atoms with Crippen LogP contribution in [0.2, 0.25) is 0 Å². The van der Waals surface area contributed by atoms with Crippen LogP contribution in [0.15, 0.2) is 65.1 Å². The summed E-state index contributed by atoms with van der Waals surface area (Å²) in [6, 6.07) is 19.6. The molecule has 2 heterocycles. The lowest BCUT2D eigenvalue weighted by atomic mass is 9.91. The van der Waals surface area contributed by atoms with E-state index in [4.69, 9.17) is 18.9 Å². The van der Waals surface area contributed by atoms with Crippen LogP contribution in [-0.2, 0) is 28.8 Å². The normalized spacial score (nSPS) is 15.5. The number of hydrogen-bond donors (Lipinski definition) is 2. The largest absolute Gasteiger partial charge is 0.496 e. The molecule has 0 amide bonds. The van der Waals surface area contributed by atoms with E-state index in [0.717, 1.165) is 58.0 Å². The van der Waals surface area contributed by atoms with Crippen molar-refractivity contribution < 1.29 is 37.0 Å². The second-order valence-electron chi connectivity index (χ2n) is 13.9. The Bertz CT molecular complexity index is 2290. The molecule has 0 bridgehead atoms. The van der Waals surface area contributed by atoms with Crippen LogP contribution in [0, 0.1) is 31.1 Å². The number of hydrogen-bond acceptors (Lipinski definition) is 9. The number of methoxy groups -OCH3 is 2. The van der Waals surface area contributed by atoms with Crippen LogP contribution < -0.4 is 10.1 Å². The van der Waals surface area contributed by atoms with Crippen molar-refractivity contribution in [2.45, 2.75) is 52.5 Å². The minimum absolute atomic E-state index is 0.0343. The van der Waals surface area contributed by atoms with Gasteiger partial charge in [0.1, 0.15) is 17.3 Å². The maximum atomic E-state index is 14.3. The van der Waals surface area contributed by atoms with Crippen LogP contribution in [0.1, 0.15) is 57.9 Å². The zero-order valence-electron chi connectivity index (χ0n) is 31.4. The molecule has 12 heteroatoms. The average molecular weight is 753 g/mol. The smallest absolute Gasteiger partial charge is 0.417 e. The van der Waals surface area contributed by atoms with Crippen molar-refractivity contribution in [2.75, 3.05) is 33.9 Å². The minimum Gasteiger partial charge on any atom is -0.496 e. The number of benzene rings is 4. The minimum atomic E-state index is -4.61. The van der Waals surface area contributed by atoms with Crippen LogP contribution in [-0.4, -0.2) is 60.9 Å². The zero-order valence-corrected chi connectivity index (χ0v) is 31.4. The maximum absolute atomic E-state index is 14.3. The molecule has 6 rings (SSSR count). The fourth-order valence-electron chi connectivity index (χ4n) is 7.14. The van der Waals surface area contributed by atoms with Gasteiger partial charge in [0, 0.05) is 36.8 Å². The quantitative estimate of drug-likeness (QED) is 0.0958. The molecule has 0 spiro atoms. The van der Waals surface area contributed by atoms with E-state index < -0.39 is 11.7 Å². The second-order valence-corrected chi connectivity index (χ2v) is 13.9. The number of likely N-dealkylation sites (tertiary alicyclic amines) is 1. The summed E-state index contributed by atoms with van der Waals surface area (Å²) < 4.78 is 59.6. The van der Waals surface area contributed by atoms with Gasteiger partial charge in [-0.2, -0.15) is 18.4 Å². The number of nitriles is 1. The average Bonchev–Trinajstić information content (AvgIpc) is 3.83. The first-order chi connectivity index (χ1) is 26.3. The molecular weight excluding hydrogens is 709 g/mol. The summed E-state index contributed by atoms with van der Waals surface area (Å²) in [6.07, 6.45) is -0.765. The van der Waals surface area contributed by atoms with E-state index in [2.05, 4.69) is 16.3 Å². The van der Waals surface area contributed by atoms with Crippen molar-refractivity contribution in [3.8, 4) is 34.4 Å². The lowest BCUT2D eigenvalue weighted by Crippen LogP contribution is -2.29. The summed E-state index contributed by atoms with van der Waals surface area (Å²) in [5.41, 5.74) is 6.73. The zero-order chi connectivity index (χ0) is 39.4. The van der Waals surface area contributed by atoms with Gasteiger partial charge in [-0.1, -0.05) is 42.5 Å². The van der Waals surface area contributed by atoms with Crippen molar-refractivity contribution in [2.24, 2.45) is 5.92 Å². The highest BCUT2D eigenvalue weighted by Gasteiger charge is 2.34. The van der Waals surface area contributed by atoms with Crippen LogP contribution in [0.3, 0.4) is 0 Å². The second kappa shape index (κ2) is 16.5. The van der Waals surface area contributed by atoms with Crippen molar-refractivity contribution in [1.82, 2.24) is 15.2 Å². The Balaban J connectivity index is 1.30. The van der Waals surface area contributed by atoms with Gasteiger partial charge in [-0.05, 0) is 103 Å². The molecule has 4 aromatic carbocycles. The van der Waals surface area contributed by atoms with E-state index >= 15 is 0 Å². The van der Waals surface area contributed by atoms with E-state index in [-0.39, 0.29) is 36.6 Å². The summed E-state index contributed by atoms with van der Waals surface area (Å²) in [5.74, 6) is 0.286. The molecule has 1 fully saturated rings. The molecule has 1 aliphatic rings. The molecular formula is C43H43F3N4O5. The standard InChI is InChI=1S/C43H43F3N4O5/c1-25(24-51)48-21-33-18-37(43(44,45)46)30(19-39(33)53-4)13-12-29-8-6-9-34(26(29)2)35-10-7-11-36(27(35)3)41-49-38-17-28(16-32(20-47)40(38)55-41)22-50-15-14-31(23-50)42(52)54-5/h6-13,16-19,25,31,48,51H,14-15,21-24H2,1-5H3/b13-12+/t25-,31+/m0/s1. The van der Waals surface area contributed by atoms with Crippen LogP contribution >= 0.6 is 0 Å². The van der Waals surface area contributed by atoms with Gasteiger partial charge in [-0.3, -0.25) is 9.69 Å². The number of alkyl halides is 3. The molecule has 0 saturated carbocycles. The first kappa shape index (κ1) is 39.2. The predicted molar refractivity (Wildman–Crippen MR) is 205 cm³/mol. The molecule has 286 valence electrons. The third kappa shape index (κ3) is 8.44. The van der Waals surface area contributed by atoms with Gasteiger partial charge in [0.05, 0.1) is 37.9 Å². The number of nitrogens with zero attached hydrogens (tertiary/aromatic N) is 3. The highest BCUT2D eigenvalue weighted by atomic mass is 19.4. The van der Waals surface area contributed by atoms with E-state index in [0.29, 0.717) is 47.0 Å². The number of aromatic nitrogens is 1. The highest BCUT2D eigenvalue weighted by Crippen LogP contribution is 2.39. The predicted octanol–water partition coefficient (Wildman–Crippen LogP) is 8.31. The number of aliphatic hydroxyl groups excluding tert-OH is 1. The maximum Gasteiger partial charge on any atom is 0.417 e. The van der Waals surface area contributed by atoms with Crippen LogP contribution in [0.25, 0.3) is 45.8 Å². The van der Waals surface area contributed by atoms with E-state index in [1.165, 1.54) is 26.4 Å². The number of nitrogens with one attached hydrogen (secondary N) is 1. The fourth-order valence-corrected chi connectivity index (χ4v) is 7.14. The van der Waals surface area contributed by atoms with Crippen molar-refractivity contribution in [3.05, 3.63) is 105 Å². The lowest BCUT2D eigenvalue weighted by Gasteiger charge is -2.18. The molecule has 0 unspecified atom stereocenters. The first-order valence-electron chi connectivity index (χ1n) is 18.0. The topological polar surface area (TPSA) is 121 Å². The number of halogens is 3. The summed E-state index contributed by atoms with van der Waals surface area (Å²) in [5, 5.41) is 22.4. The first-order valence-corrected chi connectivity index (χ1v) is 18.0. The Morgan fingerprint density at radius 3 is 2.47 bits per heavy atom. The number of ether oxygens (including phenoxy) is 2. The van der Waals surface area contributed by atoms with E-state index in [1.54, 1.807) is 19.1 Å². The van der Waals surface area contributed by atoms with E-state index in [9.17, 15) is 28.3 Å². The third-order valence-corrected chi connectivity index (χ3v) is 10.2. The summed E-state index contributed by atoms with van der Waals surface area (Å²) in [4.78, 5) is 19.0. The number of rotatable bonds is 12. The number of fused-ring (bicyclic) bond motifs is 1. The van der Waals surface area contributed by atoms with Gasteiger partial charge in [-0.15, -0.1) is 0 Å². The number of aliphatic hydroxyl groups is 1. The molecule has 55 heavy (non-hydrogen) atoms. The highest BCUT2D eigenvalue weighted by molar-refractivity contribution is 5.86. The molecule has 1 aromatic heterocycles. The molecule has 0 aliphatic carbocycles. The molecule has 9 nitrogen and oxygen atoms in total. The van der Waals surface area contributed by atoms with Crippen LogP contribution in [0.4, 0.5) is 13.2 Å². The fraction of sp³-hybridized carbons (Fsp3) is 0.326. The van der Waals surface area contributed by atoms with Gasteiger partial charge >= 0.3 is 12.1 Å². The summed E-state index contributed by atoms with van der Waals surface area (Å²) in [6.45, 7) is 7.45. The number of carbonyl (C=O) groups is 1. The Morgan fingerprint density at radius 1 is 1.07 bits per heavy atom. The SMILES string of the molecule is COC(=O)[C@@H]1CCN(Cc2cc(C#N)c3oc(-c4cccc(-c5cccc(/C=C/c6cc(OC)c(CN[C@@H](C)CO)cc6C(F)(F)F)c5C)c4C)nc3c2)C1. The molecule has 1 aliphatic heterocycles. The van der Waals surface area contributed by atoms with Crippen molar-refractivity contribution in [3.63, 3.8) is 0 Å². The Hall–Kier alpha value is -5.48. The Kier molecular flexibility index (Phi) is 11.8. The van der Waals surface area contributed by atoms with Crippen molar-refractivity contribution in [1.29, 1.82) is 5.26 Å². The Morgan fingerprint density at radius 2 is 1.78 bits per heavy atom.